The molecule has 0 bridgehead atoms. The Morgan fingerprint density at radius 2 is 1.47 bits per heavy atom. The van der Waals surface area contributed by atoms with E-state index in [0.29, 0.717) is 5.56 Å². The average Bonchev–Trinajstić information content (AvgIpc) is 2.40. The Bertz CT molecular complexity index is 525. The van der Waals surface area contributed by atoms with Gasteiger partial charge in [-0.05, 0) is 11.1 Å². The maximum absolute atomic E-state index is 11.4. The monoisotopic (exact) mass is 224 g/mol. The fourth-order valence-corrected chi connectivity index (χ4v) is 1.62. The minimum absolute atomic E-state index is 0.202. The van der Waals surface area contributed by atoms with Gasteiger partial charge in [-0.25, -0.2) is 0 Å². The van der Waals surface area contributed by atoms with Crippen molar-refractivity contribution in [3.63, 3.8) is 0 Å². The summed E-state index contributed by atoms with van der Waals surface area (Å²) in [5.41, 5.74) is 2.74. The van der Waals surface area contributed by atoms with Crippen molar-refractivity contribution in [1.29, 1.82) is 0 Å². The molecule has 0 spiro atoms. The van der Waals surface area contributed by atoms with Gasteiger partial charge in [-0.3, -0.25) is 4.79 Å². The predicted molar refractivity (Wildman–Crippen MR) is 68.0 cm³/mol. The van der Waals surface area contributed by atoms with Gasteiger partial charge in [-0.2, -0.15) is 0 Å². The Morgan fingerprint density at radius 3 is 2.06 bits per heavy atom. The number of aliphatic hydroxyl groups excluding tert-OH is 1. The molecular formula is C15H12O2. The Morgan fingerprint density at radius 1 is 0.882 bits per heavy atom. The number of hydrogen-bond acceptors (Lipinski definition) is 2. The quantitative estimate of drug-likeness (QED) is 0.491. The van der Waals surface area contributed by atoms with E-state index in [9.17, 15) is 4.79 Å². The van der Waals surface area contributed by atoms with E-state index < -0.39 is 0 Å². The molecule has 0 amide bonds. The molecule has 1 N–H and O–H groups in total. The molecule has 0 saturated carbocycles. The lowest BCUT2D eigenvalue weighted by Gasteiger charge is -2.02. The third kappa shape index (κ3) is 2.61. The molecule has 2 rings (SSSR count). The van der Waals surface area contributed by atoms with Crippen molar-refractivity contribution in [2.45, 2.75) is 0 Å². The summed E-state index contributed by atoms with van der Waals surface area (Å²) in [7, 11) is 0. The van der Waals surface area contributed by atoms with Crippen LogP contribution in [0.3, 0.4) is 0 Å². The predicted octanol–water partition coefficient (Wildman–Crippen LogP) is 3.61. The van der Waals surface area contributed by atoms with Gasteiger partial charge < -0.3 is 5.11 Å². The first-order valence-corrected chi connectivity index (χ1v) is 5.32. The molecule has 0 unspecified atom stereocenters. The van der Waals surface area contributed by atoms with Crippen LogP contribution in [0.25, 0.3) is 11.1 Å². The van der Waals surface area contributed by atoms with Crippen LogP contribution in [0, 0.1) is 0 Å². The van der Waals surface area contributed by atoms with Crippen molar-refractivity contribution < 1.29 is 9.90 Å². The molecule has 0 atom stereocenters. The van der Waals surface area contributed by atoms with Crippen LogP contribution >= 0.6 is 0 Å². The SMILES string of the molecule is O=C(C=CO)c1ccc(-c2ccccc2)cc1. The summed E-state index contributed by atoms with van der Waals surface area (Å²) >= 11 is 0. The second-order valence-corrected chi connectivity index (χ2v) is 3.62. The molecule has 17 heavy (non-hydrogen) atoms. The lowest BCUT2D eigenvalue weighted by Crippen LogP contribution is -1.93. The number of carbonyl (C=O) groups excluding carboxylic acids is 1. The van der Waals surface area contributed by atoms with E-state index in [1.807, 2.05) is 42.5 Å². The summed E-state index contributed by atoms with van der Waals surface area (Å²) in [5, 5.41) is 8.53. The van der Waals surface area contributed by atoms with Crippen LogP contribution in [0.5, 0.6) is 0 Å². The third-order valence-electron chi connectivity index (χ3n) is 2.50. The summed E-state index contributed by atoms with van der Waals surface area (Å²) in [4.78, 5) is 11.4. The number of aliphatic hydroxyl groups is 1. The summed E-state index contributed by atoms with van der Waals surface area (Å²) in [6.07, 6.45) is 1.89. The molecule has 0 radical (unpaired) electrons. The van der Waals surface area contributed by atoms with Crippen LogP contribution in [0.4, 0.5) is 0 Å². The normalized spacial score (nSPS) is 10.6. The van der Waals surface area contributed by atoms with Crippen LogP contribution in [-0.2, 0) is 0 Å². The molecule has 0 aliphatic rings. The van der Waals surface area contributed by atoms with Crippen LogP contribution in [0.2, 0.25) is 0 Å². The van der Waals surface area contributed by atoms with E-state index in [1.165, 1.54) is 0 Å². The standard InChI is InChI=1S/C15H12O2/c16-11-10-15(17)14-8-6-13(7-9-14)12-4-2-1-3-5-12/h1-11,16H. The molecule has 84 valence electrons. The van der Waals surface area contributed by atoms with E-state index >= 15 is 0 Å². The van der Waals surface area contributed by atoms with Gasteiger partial charge in [0.2, 0.25) is 0 Å². The fraction of sp³-hybridized carbons (Fsp3) is 0. The molecule has 2 heteroatoms. The van der Waals surface area contributed by atoms with E-state index in [2.05, 4.69) is 0 Å². The van der Waals surface area contributed by atoms with Crippen molar-refractivity contribution in [1.82, 2.24) is 0 Å². The largest absolute Gasteiger partial charge is 0.515 e. The lowest BCUT2D eigenvalue weighted by molar-refractivity contribution is 0.104. The molecule has 0 heterocycles. The second kappa shape index (κ2) is 5.12. The van der Waals surface area contributed by atoms with Gasteiger partial charge in [0.15, 0.2) is 5.78 Å². The van der Waals surface area contributed by atoms with Crippen LogP contribution in [0.15, 0.2) is 66.9 Å². The summed E-state index contributed by atoms with van der Waals surface area (Å²) < 4.78 is 0. The van der Waals surface area contributed by atoms with Crippen LogP contribution in [0.1, 0.15) is 10.4 Å². The average molecular weight is 224 g/mol. The van der Waals surface area contributed by atoms with E-state index in [4.69, 9.17) is 5.11 Å². The van der Waals surface area contributed by atoms with Gasteiger partial charge >= 0.3 is 0 Å². The van der Waals surface area contributed by atoms with Crippen molar-refractivity contribution >= 4 is 5.78 Å². The second-order valence-electron chi connectivity index (χ2n) is 3.62. The van der Waals surface area contributed by atoms with Crippen molar-refractivity contribution in [2.75, 3.05) is 0 Å². The van der Waals surface area contributed by atoms with Crippen LogP contribution < -0.4 is 0 Å². The highest BCUT2D eigenvalue weighted by Crippen LogP contribution is 2.19. The molecule has 2 aromatic carbocycles. The summed E-state index contributed by atoms with van der Waals surface area (Å²) in [6, 6.07) is 17.3. The molecule has 0 aliphatic heterocycles. The first kappa shape index (κ1) is 11.1. The van der Waals surface area contributed by atoms with E-state index in [1.54, 1.807) is 12.1 Å². The number of ketones is 1. The zero-order chi connectivity index (χ0) is 12.1. The van der Waals surface area contributed by atoms with Gasteiger partial charge in [-0.15, -0.1) is 0 Å². The Balaban J connectivity index is 2.28. The van der Waals surface area contributed by atoms with Gasteiger partial charge in [0.1, 0.15) is 0 Å². The van der Waals surface area contributed by atoms with Crippen molar-refractivity contribution in [3.05, 3.63) is 72.5 Å². The molecule has 0 aromatic heterocycles. The fourth-order valence-electron chi connectivity index (χ4n) is 1.62. The Hall–Kier alpha value is -2.35. The summed E-state index contributed by atoms with van der Waals surface area (Å²) in [5.74, 6) is -0.202. The molecule has 0 saturated heterocycles. The molecule has 2 aromatic rings. The number of allylic oxidation sites excluding steroid dienone is 1. The maximum Gasteiger partial charge on any atom is 0.188 e. The van der Waals surface area contributed by atoms with Crippen molar-refractivity contribution in [2.24, 2.45) is 0 Å². The summed E-state index contributed by atoms with van der Waals surface area (Å²) in [6.45, 7) is 0. The van der Waals surface area contributed by atoms with Crippen molar-refractivity contribution in [3.8, 4) is 11.1 Å². The zero-order valence-electron chi connectivity index (χ0n) is 9.21. The Kier molecular flexibility index (Phi) is 3.36. The number of benzene rings is 2. The highest BCUT2D eigenvalue weighted by Gasteiger charge is 2.02. The first-order valence-electron chi connectivity index (χ1n) is 5.32. The topological polar surface area (TPSA) is 37.3 Å². The lowest BCUT2D eigenvalue weighted by atomic mass is 10.0. The van der Waals surface area contributed by atoms with Crippen LogP contribution in [-0.4, -0.2) is 10.9 Å². The molecule has 0 fully saturated rings. The van der Waals surface area contributed by atoms with E-state index in [0.717, 1.165) is 23.5 Å². The van der Waals surface area contributed by atoms with Gasteiger partial charge in [-0.1, -0.05) is 54.6 Å². The highest BCUT2D eigenvalue weighted by atomic mass is 16.2. The van der Waals surface area contributed by atoms with Gasteiger partial charge in [0.25, 0.3) is 0 Å². The number of carbonyl (C=O) groups is 1. The number of rotatable bonds is 3. The third-order valence-corrected chi connectivity index (χ3v) is 2.50. The highest BCUT2D eigenvalue weighted by molar-refractivity contribution is 6.04. The Labute approximate surface area is 99.8 Å². The molecular weight excluding hydrogens is 212 g/mol. The number of hydrogen-bond donors (Lipinski definition) is 1. The van der Waals surface area contributed by atoms with Gasteiger partial charge in [0, 0.05) is 11.6 Å². The maximum atomic E-state index is 11.4. The smallest absolute Gasteiger partial charge is 0.188 e. The minimum atomic E-state index is -0.202. The van der Waals surface area contributed by atoms with E-state index in [-0.39, 0.29) is 5.78 Å². The molecule has 2 nitrogen and oxygen atoms in total. The zero-order valence-corrected chi connectivity index (χ0v) is 9.21. The molecule has 0 aliphatic carbocycles. The minimum Gasteiger partial charge on any atom is -0.515 e. The van der Waals surface area contributed by atoms with Gasteiger partial charge in [0.05, 0.1) is 6.26 Å². The first-order chi connectivity index (χ1) is 8.31.